The van der Waals surface area contributed by atoms with Crippen LogP contribution in [0.1, 0.15) is 0 Å². The number of benzene rings is 1. The zero-order valence-corrected chi connectivity index (χ0v) is 14.1. The number of nitrogens with zero attached hydrogens (tertiary/aromatic N) is 3. The highest BCUT2D eigenvalue weighted by Gasteiger charge is 2.32. The number of halogens is 1. The Bertz CT molecular complexity index is 703. The van der Waals surface area contributed by atoms with E-state index in [0.29, 0.717) is 19.6 Å². The van der Waals surface area contributed by atoms with Crippen LogP contribution in [0.2, 0.25) is 0 Å². The summed E-state index contributed by atoms with van der Waals surface area (Å²) in [7, 11) is 1.93. The van der Waals surface area contributed by atoms with Crippen LogP contribution in [0.4, 0.5) is 9.18 Å². The van der Waals surface area contributed by atoms with E-state index in [9.17, 15) is 9.18 Å². The third-order valence-corrected chi connectivity index (χ3v) is 4.71. The van der Waals surface area contributed by atoms with Gasteiger partial charge >= 0.3 is 6.03 Å². The van der Waals surface area contributed by atoms with Gasteiger partial charge in [-0.3, -0.25) is 0 Å². The molecular formula is C16H19FN4O2S. The minimum absolute atomic E-state index is 0.121. The van der Waals surface area contributed by atoms with Crippen molar-refractivity contribution in [2.45, 2.75) is 11.3 Å². The van der Waals surface area contributed by atoms with Crippen molar-refractivity contribution in [3.8, 4) is 5.75 Å². The summed E-state index contributed by atoms with van der Waals surface area (Å²) < 4.78 is 21.0. The van der Waals surface area contributed by atoms with Crippen molar-refractivity contribution in [2.75, 3.05) is 25.4 Å². The molecule has 1 aromatic heterocycles. The summed E-state index contributed by atoms with van der Waals surface area (Å²) in [5, 5.41) is 3.78. The number of imidazole rings is 1. The molecule has 6 nitrogen and oxygen atoms in total. The van der Waals surface area contributed by atoms with E-state index in [2.05, 4.69) is 10.3 Å². The van der Waals surface area contributed by atoms with E-state index in [4.69, 9.17) is 4.74 Å². The first-order valence-electron chi connectivity index (χ1n) is 7.67. The number of hydrogen-bond acceptors (Lipinski definition) is 4. The number of likely N-dealkylation sites (tertiary alicyclic amines) is 1. The van der Waals surface area contributed by atoms with E-state index in [1.807, 2.05) is 17.8 Å². The minimum atomic E-state index is -0.383. The van der Waals surface area contributed by atoms with Gasteiger partial charge in [-0.05, 0) is 12.1 Å². The molecule has 8 heteroatoms. The van der Waals surface area contributed by atoms with Crippen LogP contribution in [-0.2, 0) is 7.05 Å². The van der Waals surface area contributed by atoms with Crippen LogP contribution in [0, 0.1) is 5.82 Å². The van der Waals surface area contributed by atoms with Crippen molar-refractivity contribution in [3.63, 3.8) is 0 Å². The summed E-state index contributed by atoms with van der Waals surface area (Å²) in [6.45, 7) is 1.49. The molecule has 1 aliphatic heterocycles. The number of nitrogens with one attached hydrogen (secondary N) is 1. The highest BCUT2D eigenvalue weighted by atomic mass is 32.2. The summed E-state index contributed by atoms with van der Waals surface area (Å²) in [5.74, 6) is 0.597. The monoisotopic (exact) mass is 350 g/mol. The third-order valence-electron chi connectivity index (χ3n) is 3.65. The number of thioether (sulfide) groups is 1. The fourth-order valence-corrected chi connectivity index (χ4v) is 3.09. The lowest BCUT2D eigenvalue weighted by atomic mass is 10.2. The van der Waals surface area contributed by atoms with Crippen molar-refractivity contribution in [2.24, 2.45) is 7.05 Å². The van der Waals surface area contributed by atoms with Crippen LogP contribution in [0.15, 0.2) is 41.8 Å². The van der Waals surface area contributed by atoms with Gasteiger partial charge in [0.1, 0.15) is 6.10 Å². The van der Waals surface area contributed by atoms with Gasteiger partial charge in [0.05, 0.1) is 13.1 Å². The number of para-hydroxylation sites is 1. The van der Waals surface area contributed by atoms with Crippen LogP contribution in [0.3, 0.4) is 0 Å². The van der Waals surface area contributed by atoms with Gasteiger partial charge in [0.2, 0.25) is 0 Å². The van der Waals surface area contributed by atoms with Crippen molar-refractivity contribution < 1.29 is 13.9 Å². The number of ether oxygens (including phenoxy) is 1. The molecule has 3 rings (SSSR count). The number of carbonyl (C=O) groups excluding carboxylic acids is 1. The Hall–Kier alpha value is -2.22. The number of amides is 2. The average molecular weight is 350 g/mol. The highest BCUT2D eigenvalue weighted by molar-refractivity contribution is 7.99. The topological polar surface area (TPSA) is 59.4 Å². The molecule has 0 saturated carbocycles. The first-order valence-corrected chi connectivity index (χ1v) is 8.66. The van der Waals surface area contributed by atoms with E-state index in [0.717, 1.165) is 10.9 Å². The standard InChI is InChI=1S/C16H19FN4O2S/c1-20-8-6-19-16(20)24-9-7-18-15(22)21-10-12(11-21)23-14-5-3-2-4-13(14)17/h2-6,8,12H,7,9-11H2,1H3,(H,18,22). The Morgan fingerprint density at radius 3 is 2.96 bits per heavy atom. The van der Waals surface area contributed by atoms with E-state index < -0.39 is 0 Å². The number of hydrogen-bond donors (Lipinski definition) is 1. The Labute approximate surface area is 144 Å². The molecule has 1 aromatic carbocycles. The molecule has 1 fully saturated rings. The maximum absolute atomic E-state index is 13.5. The minimum Gasteiger partial charge on any atom is -0.484 e. The van der Waals surface area contributed by atoms with Crippen molar-refractivity contribution in [1.29, 1.82) is 0 Å². The maximum atomic E-state index is 13.5. The average Bonchev–Trinajstić information content (AvgIpc) is 2.93. The molecule has 2 amide bonds. The van der Waals surface area contributed by atoms with Gasteiger partial charge in [0.15, 0.2) is 16.7 Å². The maximum Gasteiger partial charge on any atom is 0.317 e. The SMILES string of the molecule is Cn1ccnc1SCCNC(=O)N1CC(Oc2ccccc2F)C1. The van der Waals surface area contributed by atoms with Gasteiger partial charge in [0, 0.05) is 31.7 Å². The Morgan fingerprint density at radius 2 is 2.25 bits per heavy atom. The van der Waals surface area contributed by atoms with Gasteiger partial charge in [0.25, 0.3) is 0 Å². The number of aryl methyl sites for hydroxylation is 1. The molecule has 0 atom stereocenters. The Morgan fingerprint density at radius 1 is 1.46 bits per heavy atom. The predicted octanol–water partition coefficient (Wildman–Crippen LogP) is 2.12. The quantitative estimate of drug-likeness (QED) is 0.640. The second kappa shape index (κ2) is 7.57. The second-order valence-electron chi connectivity index (χ2n) is 5.48. The molecule has 1 N–H and O–H groups in total. The molecule has 2 aromatic rings. The second-order valence-corrected chi connectivity index (χ2v) is 6.54. The normalized spacial score (nSPS) is 14.3. The molecule has 2 heterocycles. The Kier molecular flexibility index (Phi) is 5.24. The van der Waals surface area contributed by atoms with Crippen molar-refractivity contribution >= 4 is 17.8 Å². The van der Waals surface area contributed by atoms with E-state index in [1.165, 1.54) is 6.07 Å². The van der Waals surface area contributed by atoms with E-state index in [1.54, 1.807) is 41.1 Å². The predicted molar refractivity (Wildman–Crippen MR) is 89.7 cm³/mol. The van der Waals surface area contributed by atoms with Crippen LogP contribution < -0.4 is 10.1 Å². The first kappa shape index (κ1) is 16.6. The first-order chi connectivity index (χ1) is 11.6. The lowest BCUT2D eigenvalue weighted by molar-refractivity contribution is 0.0421. The third kappa shape index (κ3) is 4.00. The van der Waals surface area contributed by atoms with Crippen LogP contribution in [0.25, 0.3) is 0 Å². The zero-order valence-electron chi connectivity index (χ0n) is 13.3. The number of rotatable bonds is 6. The molecule has 128 valence electrons. The lowest BCUT2D eigenvalue weighted by Gasteiger charge is -2.38. The molecule has 0 radical (unpaired) electrons. The van der Waals surface area contributed by atoms with E-state index >= 15 is 0 Å². The van der Waals surface area contributed by atoms with Gasteiger partial charge in [-0.15, -0.1) is 0 Å². The lowest BCUT2D eigenvalue weighted by Crippen LogP contribution is -2.59. The largest absolute Gasteiger partial charge is 0.484 e. The molecule has 0 spiro atoms. The number of carbonyl (C=O) groups is 1. The fraction of sp³-hybridized carbons (Fsp3) is 0.375. The van der Waals surface area contributed by atoms with Crippen LogP contribution in [0.5, 0.6) is 5.75 Å². The molecule has 0 unspecified atom stereocenters. The summed E-state index contributed by atoms with van der Waals surface area (Å²) >= 11 is 1.59. The summed E-state index contributed by atoms with van der Waals surface area (Å²) in [4.78, 5) is 17.8. The summed E-state index contributed by atoms with van der Waals surface area (Å²) in [6.07, 6.45) is 3.47. The van der Waals surface area contributed by atoms with Gasteiger partial charge in [-0.2, -0.15) is 0 Å². The smallest absolute Gasteiger partial charge is 0.317 e. The molecule has 0 aliphatic carbocycles. The number of urea groups is 1. The van der Waals surface area contributed by atoms with Gasteiger partial charge in [-0.1, -0.05) is 23.9 Å². The summed E-state index contributed by atoms with van der Waals surface area (Å²) in [5.41, 5.74) is 0. The molecular weight excluding hydrogens is 331 g/mol. The fourth-order valence-electron chi connectivity index (χ4n) is 2.30. The van der Waals surface area contributed by atoms with Gasteiger partial charge < -0.3 is 19.5 Å². The van der Waals surface area contributed by atoms with Gasteiger partial charge in [-0.25, -0.2) is 14.2 Å². The zero-order chi connectivity index (χ0) is 16.9. The molecule has 0 bridgehead atoms. The molecule has 1 aliphatic rings. The Balaban J connectivity index is 1.33. The highest BCUT2D eigenvalue weighted by Crippen LogP contribution is 2.21. The van der Waals surface area contributed by atoms with Crippen LogP contribution >= 0.6 is 11.8 Å². The van der Waals surface area contributed by atoms with E-state index in [-0.39, 0.29) is 23.7 Å². The van der Waals surface area contributed by atoms with Crippen molar-refractivity contribution in [3.05, 3.63) is 42.5 Å². The van der Waals surface area contributed by atoms with Crippen molar-refractivity contribution in [1.82, 2.24) is 19.8 Å². The number of aromatic nitrogens is 2. The summed E-state index contributed by atoms with van der Waals surface area (Å²) in [6, 6.07) is 6.17. The van der Waals surface area contributed by atoms with Crippen LogP contribution in [-0.4, -0.2) is 52.0 Å². The molecule has 24 heavy (non-hydrogen) atoms. The molecule has 1 saturated heterocycles.